The fraction of sp³-hybridized carbons (Fsp3) is 0.529. The molecule has 1 heterocycles. The van der Waals surface area contributed by atoms with Gasteiger partial charge in [0, 0.05) is 0 Å². The standard InChI is InChI=1S/C17H21NO3/c1-11(2)13-9-6-10-14-15(13)16(19)21-17(18-14)20-12-7-4-3-5-8-12/h6,9-12H,3-5,7-8H2,1-2H3. The van der Waals surface area contributed by atoms with Crippen molar-refractivity contribution in [2.75, 3.05) is 0 Å². The molecule has 2 aromatic rings. The van der Waals surface area contributed by atoms with Gasteiger partial charge < -0.3 is 9.15 Å². The Morgan fingerprint density at radius 2 is 2.00 bits per heavy atom. The van der Waals surface area contributed by atoms with E-state index >= 15 is 0 Å². The highest BCUT2D eigenvalue weighted by atomic mass is 16.6. The van der Waals surface area contributed by atoms with Gasteiger partial charge in [0.05, 0.1) is 10.9 Å². The van der Waals surface area contributed by atoms with Crippen LogP contribution in [0.2, 0.25) is 0 Å². The molecule has 21 heavy (non-hydrogen) atoms. The SMILES string of the molecule is CC(C)c1cccc2nc(OC3CCCCC3)oc(=O)c12. The van der Waals surface area contributed by atoms with Gasteiger partial charge in [-0.15, -0.1) is 0 Å². The molecular formula is C17H21NO3. The van der Waals surface area contributed by atoms with Crippen LogP contribution in [0.25, 0.3) is 10.9 Å². The fourth-order valence-corrected chi connectivity index (χ4v) is 2.98. The van der Waals surface area contributed by atoms with Crippen LogP contribution in [0.5, 0.6) is 6.08 Å². The Balaban J connectivity index is 1.97. The van der Waals surface area contributed by atoms with Gasteiger partial charge in [-0.3, -0.25) is 0 Å². The molecule has 0 bridgehead atoms. The van der Waals surface area contributed by atoms with E-state index in [-0.39, 0.29) is 23.7 Å². The van der Waals surface area contributed by atoms with Crippen LogP contribution in [0, 0.1) is 0 Å². The Bertz CT molecular complexity index is 684. The second-order valence-electron chi connectivity index (χ2n) is 6.04. The summed E-state index contributed by atoms with van der Waals surface area (Å²) in [6, 6.07) is 5.72. The summed E-state index contributed by atoms with van der Waals surface area (Å²) in [6.07, 6.45) is 5.85. The van der Waals surface area contributed by atoms with E-state index in [2.05, 4.69) is 18.8 Å². The molecule has 0 aliphatic heterocycles. The van der Waals surface area contributed by atoms with Crippen molar-refractivity contribution in [3.63, 3.8) is 0 Å². The minimum absolute atomic E-state index is 0.111. The summed E-state index contributed by atoms with van der Waals surface area (Å²) in [5, 5.41) is 0.573. The molecule has 0 saturated heterocycles. The topological polar surface area (TPSA) is 52.3 Å². The number of rotatable bonds is 3. The predicted molar refractivity (Wildman–Crippen MR) is 81.9 cm³/mol. The Hall–Kier alpha value is -1.84. The maximum atomic E-state index is 12.3. The lowest BCUT2D eigenvalue weighted by molar-refractivity contribution is 0.107. The summed E-state index contributed by atoms with van der Waals surface area (Å²) < 4.78 is 11.1. The number of aromatic nitrogens is 1. The van der Waals surface area contributed by atoms with E-state index in [1.54, 1.807) is 0 Å². The zero-order valence-corrected chi connectivity index (χ0v) is 12.6. The van der Waals surface area contributed by atoms with Gasteiger partial charge in [0.15, 0.2) is 0 Å². The van der Waals surface area contributed by atoms with Gasteiger partial charge in [-0.05, 0) is 43.2 Å². The average molecular weight is 287 g/mol. The Labute approximate surface area is 124 Å². The normalized spacial score (nSPS) is 16.5. The number of benzene rings is 1. The van der Waals surface area contributed by atoms with Gasteiger partial charge in [-0.2, -0.15) is 4.98 Å². The molecule has 0 amide bonds. The van der Waals surface area contributed by atoms with Crippen LogP contribution < -0.4 is 10.4 Å². The van der Waals surface area contributed by atoms with Gasteiger partial charge in [0.1, 0.15) is 6.10 Å². The van der Waals surface area contributed by atoms with Crippen LogP contribution in [-0.4, -0.2) is 11.1 Å². The molecule has 1 fully saturated rings. The Morgan fingerprint density at radius 1 is 1.24 bits per heavy atom. The highest BCUT2D eigenvalue weighted by Gasteiger charge is 2.19. The van der Waals surface area contributed by atoms with E-state index in [4.69, 9.17) is 9.15 Å². The molecule has 0 spiro atoms. The van der Waals surface area contributed by atoms with Crippen molar-refractivity contribution in [2.24, 2.45) is 0 Å². The Kier molecular flexibility index (Phi) is 3.95. The maximum Gasteiger partial charge on any atom is 0.397 e. The average Bonchev–Trinajstić information content (AvgIpc) is 2.47. The summed E-state index contributed by atoms with van der Waals surface area (Å²) in [5.74, 6) is 0.253. The molecule has 1 aromatic heterocycles. The summed E-state index contributed by atoms with van der Waals surface area (Å²) in [7, 11) is 0. The largest absolute Gasteiger partial charge is 0.447 e. The fourth-order valence-electron chi connectivity index (χ4n) is 2.98. The van der Waals surface area contributed by atoms with Gasteiger partial charge in [0.2, 0.25) is 0 Å². The third kappa shape index (κ3) is 2.94. The van der Waals surface area contributed by atoms with Crippen molar-refractivity contribution in [3.05, 3.63) is 34.2 Å². The molecule has 1 aliphatic carbocycles. The minimum Gasteiger partial charge on any atom is -0.447 e. The molecule has 4 nitrogen and oxygen atoms in total. The molecule has 3 rings (SSSR count). The summed E-state index contributed by atoms with van der Waals surface area (Å²) in [6.45, 7) is 4.11. The molecular weight excluding hydrogens is 266 g/mol. The molecule has 112 valence electrons. The lowest BCUT2D eigenvalue weighted by Crippen LogP contribution is -2.21. The molecule has 4 heteroatoms. The van der Waals surface area contributed by atoms with E-state index < -0.39 is 0 Å². The maximum absolute atomic E-state index is 12.3. The van der Waals surface area contributed by atoms with Gasteiger partial charge in [0.25, 0.3) is 0 Å². The van der Waals surface area contributed by atoms with Gasteiger partial charge >= 0.3 is 11.7 Å². The lowest BCUT2D eigenvalue weighted by atomic mass is 9.98. The first-order valence-corrected chi connectivity index (χ1v) is 7.75. The highest BCUT2D eigenvalue weighted by molar-refractivity contribution is 5.81. The van der Waals surface area contributed by atoms with E-state index in [1.165, 1.54) is 19.3 Å². The van der Waals surface area contributed by atoms with Crippen LogP contribution in [0.4, 0.5) is 0 Å². The van der Waals surface area contributed by atoms with Crippen LogP contribution in [-0.2, 0) is 0 Å². The number of nitrogens with zero attached hydrogens (tertiary/aromatic N) is 1. The van der Waals surface area contributed by atoms with Crippen LogP contribution >= 0.6 is 0 Å². The molecule has 1 aromatic carbocycles. The van der Waals surface area contributed by atoms with E-state index in [0.29, 0.717) is 10.9 Å². The Morgan fingerprint density at radius 3 is 2.71 bits per heavy atom. The smallest absolute Gasteiger partial charge is 0.397 e. The van der Waals surface area contributed by atoms with Crippen LogP contribution in [0.3, 0.4) is 0 Å². The van der Waals surface area contributed by atoms with E-state index in [1.807, 2.05) is 18.2 Å². The highest BCUT2D eigenvalue weighted by Crippen LogP contribution is 2.25. The first kappa shape index (κ1) is 14.1. The number of ether oxygens (including phenoxy) is 1. The third-order valence-electron chi connectivity index (χ3n) is 4.11. The van der Waals surface area contributed by atoms with Crippen LogP contribution in [0.1, 0.15) is 57.4 Å². The van der Waals surface area contributed by atoms with Crippen molar-refractivity contribution in [2.45, 2.75) is 58.0 Å². The van der Waals surface area contributed by atoms with Crippen molar-refractivity contribution in [1.82, 2.24) is 4.98 Å². The lowest BCUT2D eigenvalue weighted by Gasteiger charge is -2.21. The van der Waals surface area contributed by atoms with E-state index in [9.17, 15) is 4.79 Å². The van der Waals surface area contributed by atoms with Crippen molar-refractivity contribution in [1.29, 1.82) is 0 Å². The second kappa shape index (κ2) is 5.88. The molecule has 0 atom stereocenters. The van der Waals surface area contributed by atoms with E-state index in [0.717, 1.165) is 18.4 Å². The zero-order chi connectivity index (χ0) is 14.8. The summed E-state index contributed by atoms with van der Waals surface area (Å²) >= 11 is 0. The predicted octanol–water partition coefficient (Wildman–Crippen LogP) is 4.02. The van der Waals surface area contributed by atoms with Crippen molar-refractivity contribution in [3.8, 4) is 6.08 Å². The second-order valence-corrected chi connectivity index (χ2v) is 6.04. The molecule has 0 radical (unpaired) electrons. The van der Waals surface area contributed by atoms with Gasteiger partial charge in [-0.1, -0.05) is 32.4 Å². The van der Waals surface area contributed by atoms with Crippen molar-refractivity contribution >= 4 is 10.9 Å². The molecule has 0 N–H and O–H groups in total. The first-order chi connectivity index (χ1) is 10.1. The third-order valence-corrected chi connectivity index (χ3v) is 4.11. The minimum atomic E-state index is -0.352. The molecule has 1 aliphatic rings. The quantitative estimate of drug-likeness (QED) is 0.855. The van der Waals surface area contributed by atoms with Gasteiger partial charge in [-0.25, -0.2) is 4.79 Å². The zero-order valence-electron chi connectivity index (χ0n) is 12.6. The number of hydrogen-bond acceptors (Lipinski definition) is 4. The van der Waals surface area contributed by atoms with Crippen LogP contribution in [0.15, 0.2) is 27.4 Å². The van der Waals surface area contributed by atoms with Crippen molar-refractivity contribution < 1.29 is 9.15 Å². The summed E-state index contributed by atoms with van der Waals surface area (Å²) in [4.78, 5) is 16.7. The monoisotopic (exact) mass is 287 g/mol. The first-order valence-electron chi connectivity index (χ1n) is 7.75. The summed E-state index contributed by atoms with van der Waals surface area (Å²) in [5.41, 5.74) is 1.27. The molecule has 0 unspecified atom stereocenters. The number of hydrogen-bond donors (Lipinski definition) is 0. The molecule has 1 saturated carbocycles. The number of fused-ring (bicyclic) bond motifs is 1.